The van der Waals surface area contributed by atoms with Crippen LogP contribution in [0.15, 0.2) is 71.3 Å². The van der Waals surface area contributed by atoms with Crippen molar-refractivity contribution in [1.29, 1.82) is 5.26 Å². The first-order valence-corrected chi connectivity index (χ1v) is 18.7. The number of fused-ring (bicyclic) bond motifs is 2. The number of aliphatic carboxylic acids is 1. The Labute approximate surface area is 322 Å². The van der Waals surface area contributed by atoms with Crippen molar-refractivity contribution < 1.29 is 28.2 Å². The number of aromatic nitrogens is 4. The van der Waals surface area contributed by atoms with Crippen molar-refractivity contribution in [1.82, 2.24) is 29.7 Å². The van der Waals surface area contributed by atoms with Gasteiger partial charge in [0.25, 0.3) is 6.43 Å². The zero-order chi connectivity index (χ0) is 39.4. The van der Waals surface area contributed by atoms with Gasteiger partial charge in [0.05, 0.1) is 22.6 Å². The number of oxazole rings is 1. The maximum absolute atomic E-state index is 14.0. The van der Waals surface area contributed by atoms with Gasteiger partial charge in [0.2, 0.25) is 5.89 Å². The molecule has 3 N–H and O–H groups in total. The molecule has 5 aromatic rings. The molecule has 2 saturated heterocycles. The number of carboxylic acids is 1. The van der Waals surface area contributed by atoms with Gasteiger partial charge in [-0.25, -0.2) is 23.7 Å². The maximum Gasteiger partial charge on any atom is 0.310 e. The molecular formula is C42H42F2N8O4. The lowest BCUT2D eigenvalue weighted by Gasteiger charge is -2.36. The quantitative estimate of drug-likeness (QED) is 0.130. The van der Waals surface area contributed by atoms with Crippen LogP contribution in [-0.4, -0.2) is 78.2 Å². The molecule has 2 aliphatic heterocycles. The minimum absolute atomic E-state index is 0.146. The van der Waals surface area contributed by atoms with Crippen LogP contribution in [0.2, 0.25) is 0 Å². The van der Waals surface area contributed by atoms with Crippen molar-refractivity contribution in [3.63, 3.8) is 0 Å². The molecule has 3 aliphatic rings. The number of allylic oxidation sites excluding steroid dienone is 4. The molecule has 1 aliphatic carbocycles. The third kappa shape index (κ3) is 7.13. The highest BCUT2D eigenvalue weighted by atomic mass is 19.3. The molecule has 12 nitrogen and oxygen atoms in total. The second-order valence-electron chi connectivity index (χ2n) is 16.0. The fraction of sp³-hybridized carbons (Fsp3) is 0.381. The summed E-state index contributed by atoms with van der Waals surface area (Å²) < 4.78 is 34.4. The van der Waals surface area contributed by atoms with Crippen molar-refractivity contribution >= 4 is 45.2 Å². The monoisotopic (exact) mass is 760 g/mol. The summed E-state index contributed by atoms with van der Waals surface area (Å²) in [7, 11) is 0. The van der Waals surface area contributed by atoms with Crippen LogP contribution < -0.4 is 5.32 Å². The molecule has 3 aromatic heterocycles. The number of carbonyl (C=O) groups is 1. The van der Waals surface area contributed by atoms with E-state index in [0.29, 0.717) is 84.8 Å². The number of pyridine rings is 1. The molecule has 5 heterocycles. The number of hydrogen-bond donors (Lipinski definition) is 3. The van der Waals surface area contributed by atoms with E-state index in [-0.39, 0.29) is 17.8 Å². The summed E-state index contributed by atoms with van der Waals surface area (Å²) in [5, 5.41) is 32.9. The largest absolute Gasteiger partial charge is 0.481 e. The standard InChI is InChI=1S/C42H42F2N8O4/c1-41(2)30(8-5-9-31(41)39-49-33-15-24(14-27(18-45)35(33)56-39)20-52-13-11-42(3,23-52)40(54)55)26-6-4-7-28(17-26)47-37-34-32(48-38(50-37)36(43)44)16-25(19-46-34)21-51-12-10-29(53)22-51/h4-9,14-17,19,29-30,36,53H,10-13,20-23H2,1-3H3,(H,54,55)(H,47,48,50)/t29-,30?,42+/m1/s1. The van der Waals surface area contributed by atoms with Crippen molar-refractivity contribution in [2.75, 3.05) is 31.5 Å². The number of nitrogens with zero attached hydrogens (tertiary/aromatic N) is 7. The number of alkyl halides is 2. The fourth-order valence-corrected chi connectivity index (χ4v) is 8.28. The van der Waals surface area contributed by atoms with E-state index < -0.39 is 29.0 Å². The predicted octanol–water partition coefficient (Wildman–Crippen LogP) is 7.35. The van der Waals surface area contributed by atoms with E-state index in [0.717, 1.165) is 28.8 Å². The zero-order valence-corrected chi connectivity index (χ0v) is 31.3. The summed E-state index contributed by atoms with van der Waals surface area (Å²) >= 11 is 0. The lowest BCUT2D eigenvalue weighted by atomic mass is 9.67. The van der Waals surface area contributed by atoms with Crippen LogP contribution in [0, 0.1) is 22.2 Å². The number of β-amino-alcohol motifs (C(OH)–C–C–N with tert-alkyl or cyclic N) is 1. The van der Waals surface area contributed by atoms with Crippen LogP contribution in [0.5, 0.6) is 0 Å². The topological polar surface area (TPSA) is 165 Å². The number of nitrogens with one attached hydrogen (secondary N) is 1. The second-order valence-corrected chi connectivity index (χ2v) is 16.0. The first-order valence-electron chi connectivity index (χ1n) is 18.7. The highest BCUT2D eigenvalue weighted by Gasteiger charge is 2.41. The van der Waals surface area contributed by atoms with Gasteiger partial charge in [0.1, 0.15) is 17.1 Å². The van der Waals surface area contributed by atoms with Gasteiger partial charge in [-0.1, -0.05) is 44.2 Å². The van der Waals surface area contributed by atoms with Crippen molar-refractivity contribution in [3.8, 4) is 6.07 Å². The first kappa shape index (κ1) is 37.3. The molecule has 288 valence electrons. The average Bonchev–Trinajstić information content (AvgIpc) is 3.89. The molecule has 0 amide bonds. The summed E-state index contributed by atoms with van der Waals surface area (Å²) in [6, 6.07) is 15.4. The van der Waals surface area contributed by atoms with Crippen LogP contribution in [-0.2, 0) is 17.9 Å². The fourth-order valence-electron chi connectivity index (χ4n) is 8.28. The van der Waals surface area contributed by atoms with Gasteiger partial charge in [-0.15, -0.1) is 0 Å². The van der Waals surface area contributed by atoms with Crippen molar-refractivity contribution in [3.05, 3.63) is 101 Å². The Kier molecular flexibility index (Phi) is 9.64. The Balaban J connectivity index is 1.05. The van der Waals surface area contributed by atoms with Crippen LogP contribution in [0.4, 0.5) is 20.3 Å². The van der Waals surface area contributed by atoms with Gasteiger partial charge in [-0.2, -0.15) is 5.26 Å². The van der Waals surface area contributed by atoms with E-state index in [2.05, 4.69) is 56.1 Å². The van der Waals surface area contributed by atoms with Crippen LogP contribution >= 0.6 is 0 Å². The van der Waals surface area contributed by atoms with Crippen molar-refractivity contribution in [2.45, 2.75) is 65.1 Å². The van der Waals surface area contributed by atoms with Crippen molar-refractivity contribution in [2.24, 2.45) is 10.8 Å². The van der Waals surface area contributed by atoms with Crippen LogP contribution in [0.3, 0.4) is 0 Å². The third-order valence-corrected chi connectivity index (χ3v) is 11.4. The lowest BCUT2D eigenvalue weighted by molar-refractivity contribution is -0.147. The zero-order valence-electron chi connectivity index (χ0n) is 31.3. The summed E-state index contributed by atoms with van der Waals surface area (Å²) in [5.41, 5.74) is 4.74. The summed E-state index contributed by atoms with van der Waals surface area (Å²) in [6.07, 6.45) is 5.71. The number of halogens is 2. The Morgan fingerprint density at radius 2 is 1.88 bits per heavy atom. The van der Waals surface area contributed by atoms with Gasteiger partial charge < -0.3 is 19.9 Å². The number of nitriles is 1. The number of aliphatic hydroxyl groups is 1. The number of anilines is 2. The SMILES string of the molecule is CC1(C)C(c2nc3cc(CN4CC[C@](C)(C(=O)O)C4)cc(C#N)c3o2)=CC=CC1c1cccc(Nc2nc(C(F)F)nc3cc(CN4CC[C@@H](O)C4)cnc23)c1. The summed E-state index contributed by atoms with van der Waals surface area (Å²) in [4.78, 5) is 33.8. The number of benzene rings is 2. The molecule has 8 rings (SSSR count). The van der Waals surface area contributed by atoms with Gasteiger partial charge in [0.15, 0.2) is 17.2 Å². The highest BCUT2D eigenvalue weighted by molar-refractivity contribution is 5.88. The number of aliphatic hydroxyl groups excluding tert-OH is 1. The molecule has 2 fully saturated rings. The normalized spacial score (nSPS) is 22.6. The van der Waals surface area contributed by atoms with Gasteiger partial charge in [-0.05, 0) is 73.3 Å². The van der Waals surface area contributed by atoms with Crippen LogP contribution in [0.25, 0.3) is 27.7 Å². The van der Waals surface area contributed by atoms with E-state index in [4.69, 9.17) is 9.40 Å². The molecule has 3 atom stereocenters. The summed E-state index contributed by atoms with van der Waals surface area (Å²) in [6.45, 7) is 9.35. The van der Waals surface area contributed by atoms with E-state index in [1.807, 2.05) is 42.5 Å². The first-order chi connectivity index (χ1) is 26.8. The second kappa shape index (κ2) is 14.5. The van der Waals surface area contributed by atoms with Gasteiger partial charge >= 0.3 is 5.97 Å². The minimum atomic E-state index is -2.88. The molecule has 0 bridgehead atoms. The van der Waals surface area contributed by atoms with E-state index in [1.165, 1.54) is 0 Å². The Morgan fingerprint density at radius 1 is 1.07 bits per heavy atom. The molecule has 0 saturated carbocycles. The molecule has 56 heavy (non-hydrogen) atoms. The molecular weight excluding hydrogens is 719 g/mol. The van der Waals surface area contributed by atoms with E-state index >= 15 is 0 Å². The molecule has 2 aromatic carbocycles. The highest BCUT2D eigenvalue weighted by Crippen LogP contribution is 2.50. The Hall–Kier alpha value is -5.62. The summed E-state index contributed by atoms with van der Waals surface area (Å²) in [5.74, 6) is -0.976. The minimum Gasteiger partial charge on any atom is -0.481 e. The molecule has 0 spiro atoms. The molecule has 0 radical (unpaired) electrons. The third-order valence-electron chi connectivity index (χ3n) is 11.4. The van der Waals surface area contributed by atoms with Crippen LogP contribution in [0.1, 0.15) is 79.9 Å². The van der Waals surface area contributed by atoms with E-state index in [9.17, 15) is 29.1 Å². The number of rotatable bonds is 10. The lowest BCUT2D eigenvalue weighted by Crippen LogP contribution is -2.31. The van der Waals surface area contributed by atoms with Gasteiger partial charge in [-0.3, -0.25) is 19.6 Å². The van der Waals surface area contributed by atoms with Gasteiger partial charge in [0, 0.05) is 61.5 Å². The predicted molar refractivity (Wildman–Crippen MR) is 206 cm³/mol. The number of hydrogen-bond acceptors (Lipinski definition) is 11. The smallest absolute Gasteiger partial charge is 0.310 e. The Morgan fingerprint density at radius 3 is 2.61 bits per heavy atom. The van der Waals surface area contributed by atoms with E-state index in [1.54, 1.807) is 25.3 Å². The average molecular weight is 761 g/mol. The maximum atomic E-state index is 14.0. The molecule has 1 unspecified atom stereocenters. The molecule has 14 heteroatoms. The number of likely N-dealkylation sites (tertiary alicyclic amines) is 2. The number of carboxylic acid groups (broad SMARTS) is 1. The Bertz CT molecular complexity index is 2460.